The summed E-state index contributed by atoms with van der Waals surface area (Å²) in [4.78, 5) is 0. The first-order valence-electron chi connectivity index (χ1n) is 3.56. The van der Waals surface area contributed by atoms with Gasteiger partial charge in [0.05, 0.1) is 14.3 Å². The van der Waals surface area contributed by atoms with Gasteiger partial charge in [-0.3, -0.25) is 0 Å². The number of rotatable bonds is 2. The van der Waals surface area contributed by atoms with Crippen LogP contribution in [0, 0.1) is 0 Å². The van der Waals surface area contributed by atoms with Crippen LogP contribution in [0.5, 0.6) is 0 Å². The largest absolute Gasteiger partial charge is 0.0934 e. The lowest BCUT2D eigenvalue weighted by Crippen LogP contribution is -2.14. The Labute approximate surface area is 54.5 Å². The standard InChI is InChI=1S/C6H16B2/c1-5-7-8-6(2,3)4/h7-8H,5H2,1-4H3. The molecule has 0 saturated carbocycles. The molecule has 0 aromatic rings. The van der Waals surface area contributed by atoms with E-state index in [1.165, 1.54) is 20.7 Å². The molecule has 0 fully saturated rings. The average molecular weight is 110 g/mol. The fourth-order valence-electron chi connectivity index (χ4n) is 0.707. The third-order valence-electron chi connectivity index (χ3n) is 1.28. The minimum atomic E-state index is 0.552. The van der Waals surface area contributed by atoms with Gasteiger partial charge in [0.1, 0.15) is 0 Å². The third-order valence-corrected chi connectivity index (χ3v) is 1.28. The van der Waals surface area contributed by atoms with Crippen molar-refractivity contribution in [1.82, 2.24) is 0 Å². The van der Waals surface area contributed by atoms with Crippen molar-refractivity contribution >= 4 is 14.3 Å². The van der Waals surface area contributed by atoms with Gasteiger partial charge in [0.25, 0.3) is 0 Å². The first-order chi connectivity index (χ1) is 3.56. The first-order valence-corrected chi connectivity index (χ1v) is 3.56. The van der Waals surface area contributed by atoms with Crippen molar-refractivity contribution in [2.45, 2.75) is 39.3 Å². The molecule has 8 heavy (non-hydrogen) atoms. The van der Waals surface area contributed by atoms with Crippen LogP contribution < -0.4 is 0 Å². The summed E-state index contributed by atoms with van der Waals surface area (Å²) >= 11 is 0. The molecule has 0 N–H and O–H groups in total. The zero-order valence-electron chi connectivity index (χ0n) is 6.62. The molecule has 0 aromatic carbocycles. The van der Waals surface area contributed by atoms with E-state index in [0.717, 1.165) is 0 Å². The highest BCUT2D eigenvalue weighted by Crippen LogP contribution is 2.18. The maximum Gasteiger partial charge on any atom is 0.0934 e. The smallest absolute Gasteiger partial charge is 0.0873 e. The lowest BCUT2D eigenvalue weighted by molar-refractivity contribution is 0.762. The lowest BCUT2D eigenvalue weighted by atomic mass is 9.29. The van der Waals surface area contributed by atoms with Gasteiger partial charge in [-0.15, -0.1) is 0 Å². The van der Waals surface area contributed by atoms with E-state index < -0.39 is 0 Å². The second-order valence-corrected chi connectivity index (χ2v) is 3.66. The van der Waals surface area contributed by atoms with Gasteiger partial charge >= 0.3 is 0 Å². The Morgan fingerprint density at radius 3 is 1.88 bits per heavy atom. The fourth-order valence-corrected chi connectivity index (χ4v) is 0.707. The minimum absolute atomic E-state index is 0.552. The van der Waals surface area contributed by atoms with Crippen molar-refractivity contribution in [3.05, 3.63) is 0 Å². The summed E-state index contributed by atoms with van der Waals surface area (Å²) in [5, 5.41) is 0.552. The molecular formula is C6H16B2. The van der Waals surface area contributed by atoms with Crippen LogP contribution in [0.3, 0.4) is 0 Å². The van der Waals surface area contributed by atoms with E-state index >= 15 is 0 Å². The van der Waals surface area contributed by atoms with Crippen molar-refractivity contribution in [3.8, 4) is 0 Å². The van der Waals surface area contributed by atoms with Crippen LogP contribution >= 0.6 is 0 Å². The molecule has 0 aromatic heterocycles. The molecule has 0 heterocycles. The molecule has 0 aliphatic carbocycles. The van der Waals surface area contributed by atoms with Gasteiger partial charge < -0.3 is 0 Å². The summed E-state index contributed by atoms with van der Waals surface area (Å²) in [6.45, 7) is 9.12. The number of hydrogen-bond acceptors (Lipinski definition) is 0. The van der Waals surface area contributed by atoms with E-state index in [1.54, 1.807) is 0 Å². The zero-order chi connectivity index (χ0) is 6.62. The highest BCUT2D eigenvalue weighted by Gasteiger charge is 2.09. The second-order valence-electron chi connectivity index (χ2n) is 3.66. The molecule has 46 valence electrons. The molecule has 0 unspecified atom stereocenters. The Hall–Kier alpha value is 0.130. The molecule has 0 amide bonds. The number of hydrogen-bond donors (Lipinski definition) is 0. The molecule has 0 aliphatic heterocycles. The van der Waals surface area contributed by atoms with Crippen molar-refractivity contribution in [2.24, 2.45) is 0 Å². The van der Waals surface area contributed by atoms with Crippen molar-refractivity contribution in [3.63, 3.8) is 0 Å². The summed E-state index contributed by atoms with van der Waals surface area (Å²) in [5.41, 5.74) is 0. The van der Waals surface area contributed by atoms with Crippen LogP contribution in [0.2, 0.25) is 11.6 Å². The van der Waals surface area contributed by atoms with Gasteiger partial charge in [0, 0.05) is 0 Å². The van der Waals surface area contributed by atoms with Crippen molar-refractivity contribution in [2.75, 3.05) is 0 Å². The average Bonchev–Trinajstić information content (AvgIpc) is 1.59. The SMILES string of the molecule is CCBBC(C)(C)C. The van der Waals surface area contributed by atoms with E-state index in [4.69, 9.17) is 0 Å². The maximum atomic E-state index is 2.29. The summed E-state index contributed by atoms with van der Waals surface area (Å²) in [5.74, 6) is 0. The van der Waals surface area contributed by atoms with Crippen molar-refractivity contribution < 1.29 is 0 Å². The predicted molar refractivity (Wildman–Crippen MR) is 44.5 cm³/mol. The fraction of sp³-hybridized carbons (Fsp3) is 1.00. The Morgan fingerprint density at radius 2 is 1.75 bits per heavy atom. The molecule has 0 nitrogen and oxygen atoms in total. The van der Waals surface area contributed by atoms with E-state index in [2.05, 4.69) is 27.7 Å². The summed E-state index contributed by atoms with van der Waals surface area (Å²) in [7, 11) is 2.74. The Balaban J connectivity index is 3.11. The van der Waals surface area contributed by atoms with Crippen LogP contribution in [0.25, 0.3) is 0 Å². The maximum absolute atomic E-state index is 2.29. The highest BCUT2D eigenvalue weighted by atomic mass is 13.9. The summed E-state index contributed by atoms with van der Waals surface area (Å²) in [6, 6.07) is 0. The molecule has 0 rings (SSSR count). The first kappa shape index (κ1) is 8.13. The van der Waals surface area contributed by atoms with Crippen LogP contribution in [0.4, 0.5) is 0 Å². The van der Waals surface area contributed by atoms with Gasteiger partial charge in [-0.1, -0.05) is 39.3 Å². The summed E-state index contributed by atoms with van der Waals surface area (Å²) in [6.07, 6.45) is 1.33. The van der Waals surface area contributed by atoms with E-state index in [0.29, 0.717) is 5.31 Å². The molecule has 0 aliphatic rings. The van der Waals surface area contributed by atoms with Gasteiger partial charge in [-0.25, -0.2) is 0 Å². The minimum Gasteiger partial charge on any atom is -0.0873 e. The predicted octanol–water partition coefficient (Wildman–Crippen LogP) is 1.43. The van der Waals surface area contributed by atoms with Crippen LogP contribution in [-0.4, -0.2) is 14.3 Å². The Bertz CT molecular complexity index is 54.0. The molecule has 0 radical (unpaired) electrons. The Morgan fingerprint density at radius 1 is 1.25 bits per heavy atom. The zero-order valence-corrected chi connectivity index (χ0v) is 6.62. The second kappa shape index (κ2) is 3.21. The third kappa shape index (κ3) is 6.13. The molecular weight excluding hydrogens is 93.7 g/mol. The van der Waals surface area contributed by atoms with E-state index in [1.807, 2.05) is 0 Å². The monoisotopic (exact) mass is 110 g/mol. The highest BCUT2D eigenvalue weighted by molar-refractivity contribution is 7.01. The molecule has 0 bridgehead atoms. The van der Waals surface area contributed by atoms with Gasteiger partial charge in [0.2, 0.25) is 0 Å². The lowest BCUT2D eigenvalue weighted by Gasteiger charge is -2.14. The van der Waals surface area contributed by atoms with Crippen molar-refractivity contribution in [1.29, 1.82) is 0 Å². The Kier molecular flexibility index (Phi) is 3.27. The van der Waals surface area contributed by atoms with E-state index in [9.17, 15) is 0 Å². The molecule has 2 heteroatoms. The van der Waals surface area contributed by atoms with Crippen LogP contribution in [0.15, 0.2) is 0 Å². The topological polar surface area (TPSA) is 0 Å². The molecule has 0 atom stereocenters. The molecule has 0 saturated heterocycles. The van der Waals surface area contributed by atoms with E-state index in [-0.39, 0.29) is 0 Å². The van der Waals surface area contributed by atoms with Crippen LogP contribution in [-0.2, 0) is 0 Å². The van der Waals surface area contributed by atoms with Gasteiger partial charge in [-0.2, -0.15) is 0 Å². The molecule has 0 spiro atoms. The normalized spacial score (nSPS) is 11.0. The van der Waals surface area contributed by atoms with Gasteiger partial charge in [0.15, 0.2) is 0 Å². The van der Waals surface area contributed by atoms with Gasteiger partial charge in [-0.05, 0) is 0 Å². The summed E-state index contributed by atoms with van der Waals surface area (Å²) < 4.78 is 0. The quantitative estimate of drug-likeness (QED) is 0.471. The van der Waals surface area contributed by atoms with Crippen LogP contribution in [0.1, 0.15) is 27.7 Å².